The molecule has 8 heteroatoms. The van der Waals surface area contributed by atoms with Crippen LogP contribution >= 0.6 is 15.9 Å². The van der Waals surface area contributed by atoms with Crippen molar-refractivity contribution in [1.82, 2.24) is 5.32 Å². The number of sulfone groups is 1. The summed E-state index contributed by atoms with van der Waals surface area (Å²) >= 11 is 3.17. The molecule has 0 heterocycles. The van der Waals surface area contributed by atoms with Gasteiger partial charge >= 0.3 is 0 Å². The molecule has 1 rings (SSSR count). The zero-order valence-electron chi connectivity index (χ0n) is 10.3. The minimum Gasteiger partial charge on any atom is -0.398 e. The molecule has 0 saturated carbocycles. The maximum Gasteiger partial charge on any atom is 0.235 e. The summed E-state index contributed by atoms with van der Waals surface area (Å²) in [7, 11) is -2.27. The van der Waals surface area contributed by atoms with E-state index in [9.17, 15) is 13.2 Å². The average molecular weight is 351 g/mol. The molecule has 0 aliphatic heterocycles. The second kappa shape index (κ2) is 6.88. The minimum absolute atomic E-state index is 0.0521. The van der Waals surface area contributed by atoms with Gasteiger partial charge in [-0.1, -0.05) is 15.9 Å². The van der Waals surface area contributed by atoms with E-state index < -0.39 is 21.5 Å². The lowest BCUT2D eigenvalue weighted by Crippen LogP contribution is -2.32. The predicted molar refractivity (Wildman–Crippen MR) is 75.5 cm³/mol. The van der Waals surface area contributed by atoms with Crippen LogP contribution in [0.4, 0.5) is 5.69 Å². The summed E-state index contributed by atoms with van der Waals surface area (Å²) in [6, 6.07) is 4.49. The number of hydrogen-bond acceptors (Lipinski definition) is 5. The zero-order valence-corrected chi connectivity index (χ0v) is 12.8. The Kier molecular flexibility index (Phi) is 5.77. The summed E-state index contributed by atoms with van der Waals surface area (Å²) in [5.74, 6) is -1.23. The number of carbonyl (C=O) groups excluding carboxylic acids is 1. The fraction of sp³-hybridized carbons (Fsp3) is 0.364. The van der Waals surface area contributed by atoms with Crippen LogP contribution in [0.5, 0.6) is 0 Å². The van der Waals surface area contributed by atoms with Crippen LogP contribution in [-0.2, 0) is 19.4 Å². The number of anilines is 1. The third-order valence-electron chi connectivity index (χ3n) is 2.26. The number of nitrogens with two attached hydrogens (primary N) is 1. The van der Waals surface area contributed by atoms with Gasteiger partial charge in [0.25, 0.3) is 0 Å². The van der Waals surface area contributed by atoms with Crippen molar-refractivity contribution in [2.24, 2.45) is 0 Å². The van der Waals surface area contributed by atoms with Gasteiger partial charge in [0.1, 0.15) is 5.75 Å². The first-order chi connectivity index (χ1) is 8.86. The lowest BCUT2D eigenvalue weighted by molar-refractivity contribution is -0.118. The highest BCUT2D eigenvalue weighted by Gasteiger charge is 2.21. The van der Waals surface area contributed by atoms with Crippen molar-refractivity contribution in [3.05, 3.63) is 22.7 Å². The maximum absolute atomic E-state index is 12.1. The number of rotatable bonds is 6. The molecule has 0 unspecified atom stereocenters. The largest absolute Gasteiger partial charge is 0.398 e. The van der Waals surface area contributed by atoms with Gasteiger partial charge in [-0.2, -0.15) is 0 Å². The van der Waals surface area contributed by atoms with Crippen LogP contribution < -0.4 is 11.1 Å². The standard InChI is InChI=1S/C11H15BrN2O4S/c1-18-5-4-14-11(15)7-19(16,17)10-6-8(12)2-3-9(10)13/h2-3,6H,4-5,7,13H2,1H3,(H,14,15). The van der Waals surface area contributed by atoms with E-state index >= 15 is 0 Å². The van der Waals surface area contributed by atoms with Gasteiger partial charge in [0.2, 0.25) is 5.91 Å². The number of carbonyl (C=O) groups is 1. The van der Waals surface area contributed by atoms with E-state index in [2.05, 4.69) is 21.2 Å². The van der Waals surface area contributed by atoms with Crippen LogP contribution in [0.2, 0.25) is 0 Å². The fourth-order valence-electron chi connectivity index (χ4n) is 1.37. The monoisotopic (exact) mass is 350 g/mol. The number of halogens is 1. The minimum atomic E-state index is -3.76. The molecule has 1 amide bonds. The molecule has 0 spiro atoms. The van der Waals surface area contributed by atoms with Crippen molar-refractivity contribution in [2.45, 2.75) is 4.90 Å². The second-order valence-corrected chi connectivity index (χ2v) is 6.66. The van der Waals surface area contributed by atoms with Gasteiger partial charge in [-0.3, -0.25) is 4.79 Å². The Morgan fingerprint density at radius 1 is 1.47 bits per heavy atom. The van der Waals surface area contributed by atoms with E-state index in [4.69, 9.17) is 10.5 Å². The first-order valence-corrected chi connectivity index (χ1v) is 7.85. The Labute approximate surface area is 120 Å². The number of amides is 1. The summed E-state index contributed by atoms with van der Waals surface area (Å²) in [5.41, 5.74) is 5.74. The van der Waals surface area contributed by atoms with E-state index in [1.165, 1.54) is 19.2 Å². The number of methoxy groups -OCH3 is 1. The molecule has 19 heavy (non-hydrogen) atoms. The van der Waals surface area contributed by atoms with E-state index in [1.807, 2.05) is 0 Å². The highest BCUT2D eigenvalue weighted by Crippen LogP contribution is 2.23. The topological polar surface area (TPSA) is 98.5 Å². The molecule has 0 fully saturated rings. The van der Waals surface area contributed by atoms with E-state index in [1.54, 1.807) is 6.07 Å². The molecule has 0 aliphatic carbocycles. The molecule has 0 aromatic heterocycles. The van der Waals surface area contributed by atoms with Gasteiger partial charge in [0.15, 0.2) is 9.84 Å². The Morgan fingerprint density at radius 3 is 2.79 bits per heavy atom. The van der Waals surface area contributed by atoms with Crippen LogP contribution in [0.25, 0.3) is 0 Å². The van der Waals surface area contributed by atoms with Crippen LogP contribution in [0, 0.1) is 0 Å². The second-order valence-electron chi connectivity index (χ2n) is 3.78. The molecule has 3 N–H and O–H groups in total. The Bertz CT molecular complexity index is 560. The summed E-state index contributed by atoms with van der Waals surface area (Å²) in [5, 5.41) is 2.45. The molecule has 0 radical (unpaired) electrons. The van der Waals surface area contributed by atoms with Crippen molar-refractivity contribution in [1.29, 1.82) is 0 Å². The van der Waals surface area contributed by atoms with E-state index in [0.29, 0.717) is 11.1 Å². The Morgan fingerprint density at radius 2 is 2.16 bits per heavy atom. The summed E-state index contributed by atoms with van der Waals surface area (Å²) in [4.78, 5) is 11.5. The van der Waals surface area contributed by atoms with Crippen molar-refractivity contribution in [2.75, 3.05) is 31.7 Å². The molecular weight excluding hydrogens is 336 g/mol. The van der Waals surface area contributed by atoms with Crippen molar-refractivity contribution in [3.63, 3.8) is 0 Å². The third kappa shape index (κ3) is 4.81. The van der Waals surface area contributed by atoms with Gasteiger partial charge in [-0.25, -0.2) is 8.42 Å². The van der Waals surface area contributed by atoms with Crippen LogP contribution in [-0.4, -0.2) is 40.3 Å². The van der Waals surface area contributed by atoms with Crippen LogP contribution in [0.1, 0.15) is 0 Å². The fourth-order valence-corrected chi connectivity index (χ4v) is 3.22. The number of hydrogen-bond donors (Lipinski definition) is 2. The normalized spacial score (nSPS) is 11.3. The average Bonchev–Trinajstić information content (AvgIpc) is 2.32. The van der Waals surface area contributed by atoms with Crippen molar-refractivity contribution < 1.29 is 17.9 Å². The lowest BCUT2D eigenvalue weighted by atomic mass is 10.3. The maximum atomic E-state index is 12.1. The Balaban J connectivity index is 2.81. The first-order valence-electron chi connectivity index (χ1n) is 5.40. The number of ether oxygens (including phenoxy) is 1. The van der Waals surface area contributed by atoms with Crippen molar-refractivity contribution in [3.8, 4) is 0 Å². The molecule has 0 bridgehead atoms. The molecule has 0 atom stereocenters. The van der Waals surface area contributed by atoms with Gasteiger partial charge in [-0.15, -0.1) is 0 Å². The Hall–Kier alpha value is -1.12. The summed E-state index contributed by atoms with van der Waals surface area (Å²) < 4.78 is 29.4. The predicted octanol–water partition coefficient (Wildman–Crippen LogP) is 0.568. The van der Waals surface area contributed by atoms with E-state index in [0.717, 1.165) is 0 Å². The first kappa shape index (κ1) is 15.9. The van der Waals surface area contributed by atoms with Gasteiger partial charge in [0.05, 0.1) is 17.2 Å². The summed E-state index contributed by atoms with van der Waals surface area (Å²) in [6.07, 6.45) is 0. The SMILES string of the molecule is COCCNC(=O)CS(=O)(=O)c1cc(Br)ccc1N. The van der Waals surface area contributed by atoms with Crippen molar-refractivity contribution >= 4 is 37.4 Å². The van der Waals surface area contributed by atoms with E-state index in [-0.39, 0.29) is 17.1 Å². The third-order valence-corrected chi connectivity index (χ3v) is 4.42. The van der Waals surface area contributed by atoms with Crippen LogP contribution in [0.15, 0.2) is 27.6 Å². The molecular formula is C11H15BrN2O4S. The molecule has 0 saturated heterocycles. The number of nitrogen functional groups attached to an aromatic ring is 1. The molecule has 6 nitrogen and oxygen atoms in total. The molecule has 0 aliphatic rings. The lowest BCUT2D eigenvalue weighted by Gasteiger charge is -2.08. The number of benzene rings is 1. The highest BCUT2D eigenvalue weighted by atomic mass is 79.9. The van der Waals surface area contributed by atoms with Gasteiger partial charge in [-0.05, 0) is 18.2 Å². The van der Waals surface area contributed by atoms with Crippen LogP contribution in [0.3, 0.4) is 0 Å². The molecule has 1 aromatic rings. The quantitative estimate of drug-likeness (QED) is 0.577. The molecule has 1 aromatic carbocycles. The highest BCUT2D eigenvalue weighted by molar-refractivity contribution is 9.10. The molecule has 106 valence electrons. The number of nitrogens with one attached hydrogen (secondary N) is 1. The van der Waals surface area contributed by atoms with Gasteiger partial charge in [0, 0.05) is 18.1 Å². The summed E-state index contributed by atoms with van der Waals surface area (Å²) in [6.45, 7) is 0.587. The zero-order chi connectivity index (χ0) is 14.5. The van der Waals surface area contributed by atoms with Gasteiger partial charge < -0.3 is 15.8 Å². The smallest absolute Gasteiger partial charge is 0.235 e.